The molecule has 3 N–H and O–H groups in total. The minimum Gasteiger partial charge on any atom is -0.478 e. The van der Waals surface area contributed by atoms with Crippen molar-refractivity contribution in [3.8, 4) is 5.75 Å². The lowest BCUT2D eigenvalue weighted by Gasteiger charge is -2.26. The van der Waals surface area contributed by atoms with Crippen molar-refractivity contribution in [3.63, 3.8) is 0 Å². The number of carbonyl (C=O) groups is 2. The highest BCUT2D eigenvalue weighted by Crippen LogP contribution is 2.34. The average Bonchev–Trinajstić information content (AvgIpc) is 3.25. The number of aromatic nitrogens is 1. The van der Waals surface area contributed by atoms with E-state index < -0.39 is 6.10 Å². The van der Waals surface area contributed by atoms with Crippen LogP contribution in [0.2, 0.25) is 5.02 Å². The number of halogens is 1. The van der Waals surface area contributed by atoms with Crippen molar-refractivity contribution in [2.75, 3.05) is 11.9 Å². The van der Waals surface area contributed by atoms with Gasteiger partial charge in [0.05, 0.1) is 12.1 Å². The molecule has 0 aliphatic carbocycles. The lowest BCUT2D eigenvalue weighted by atomic mass is 9.90. The first kappa shape index (κ1) is 21.1. The Kier molecular flexibility index (Phi) is 5.75. The summed E-state index contributed by atoms with van der Waals surface area (Å²) in [6.07, 6.45) is 0.995. The standard InChI is InChI=1S/C26H22ClN3O3/c27-20-9-3-1-7-16(20)18(19-14-28-21-10-4-2-8-17(19)21)15-29-25(31)13-24-26(32)30-22-11-5-6-12-23(22)33-24/h1-12,14,18,24,28H,13,15H2,(H,29,31)(H,30,32). The molecule has 0 bridgehead atoms. The van der Waals surface area contributed by atoms with Crippen LogP contribution in [-0.4, -0.2) is 29.4 Å². The number of H-pyrrole nitrogens is 1. The van der Waals surface area contributed by atoms with Crippen LogP contribution in [0.4, 0.5) is 5.69 Å². The number of hydrogen-bond acceptors (Lipinski definition) is 3. The van der Waals surface area contributed by atoms with E-state index in [1.54, 1.807) is 12.1 Å². The summed E-state index contributed by atoms with van der Waals surface area (Å²) in [5.74, 6) is -0.210. The first-order valence-corrected chi connectivity index (χ1v) is 11.1. The molecule has 0 saturated carbocycles. The quantitative estimate of drug-likeness (QED) is 0.385. The SMILES string of the molecule is O=C(CC1Oc2ccccc2NC1=O)NCC(c1ccccc1Cl)c1c[nH]c2ccccc12. The van der Waals surface area contributed by atoms with Gasteiger partial charge in [0.25, 0.3) is 5.91 Å². The van der Waals surface area contributed by atoms with Gasteiger partial charge < -0.3 is 20.4 Å². The zero-order chi connectivity index (χ0) is 22.8. The molecule has 3 aromatic carbocycles. The summed E-state index contributed by atoms with van der Waals surface area (Å²) in [7, 11) is 0. The molecule has 2 heterocycles. The summed E-state index contributed by atoms with van der Waals surface area (Å²) in [5, 5.41) is 7.48. The Labute approximate surface area is 195 Å². The summed E-state index contributed by atoms with van der Waals surface area (Å²) in [6.45, 7) is 0.329. The minimum atomic E-state index is -0.883. The van der Waals surface area contributed by atoms with Gasteiger partial charge in [0.1, 0.15) is 5.75 Å². The second-order valence-electron chi connectivity index (χ2n) is 7.96. The highest BCUT2D eigenvalue weighted by Gasteiger charge is 2.30. The van der Waals surface area contributed by atoms with Gasteiger partial charge in [-0.25, -0.2) is 0 Å². The minimum absolute atomic E-state index is 0.0801. The number of nitrogens with one attached hydrogen (secondary N) is 3. The Morgan fingerprint density at radius 3 is 2.64 bits per heavy atom. The van der Waals surface area contributed by atoms with E-state index in [9.17, 15) is 9.59 Å². The number of para-hydroxylation sites is 3. The van der Waals surface area contributed by atoms with Crippen molar-refractivity contribution >= 4 is 40.0 Å². The third kappa shape index (κ3) is 4.30. The van der Waals surface area contributed by atoms with Gasteiger partial charge >= 0.3 is 0 Å². The molecule has 1 aliphatic rings. The van der Waals surface area contributed by atoms with E-state index in [2.05, 4.69) is 15.6 Å². The predicted molar refractivity (Wildman–Crippen MR) is 129 cm³/mol. The molecule has 6 nitrogen and oxygen atoms in total. The van der Waals surface area contributed by atoms with E-state index in [0.29, 0.717) is 23.0 Å². The molecule has 4 aromatic rings. The highest BCUT2D eigenvalue weighted by atomic mass is 35.5. The second-order valence-corrected chi connectivity index (χ2v) is 8.37. The molecule has 166 valence electrons. The topological polar surface area (TPSA) is 83.2 Å². The van der Waals surface area contributed by atoms with Crippen molar-refractivity contribution in [3.05, 3.63) is 95.1 Å². The van der Waals surface area contributed by atoms with Crippen molar-refractivity contribution in [1.29, 1.82) is 0 Å². The molecule has 0 radical (unpaired) electrons. The molecule has 7 heteroatoms. The van der Waals surface area contributed by atoms with Crippen molar-refractivity contribution in [1.82, 2.24) is 10.3 Å². The molecule has 1 aliphatic heterocycles. The van der Waals surface area contributed by atoms with Crippen LogP contribution in [0, 0.1) is 0 Å². The highest BCUT2D eigenvalue weighted by molar-refractivity contribution is 6.31. The first-order chi connectivity index (χ1) is 16.1. The Morgan fingerprint density at radius 1 is 1.00 bits per heavy atom. The molecule has 1 aromatic heterocycles. The largest absolute Gasteiger partial charge is 0.478 e. The number of ether oxygens (including phenoxy) is 1. The van der Waals surface area contributed by atoms with Gasteiger partial charge in [-0.3, -0.25) is 9.59 Å². The van der Waals surface area contributed by atoms with Gasteiger partial charge in [-0.05, 0) is 35.4 Å². The molecule has 2 unspecified atom stereocenters. The van der Waals surface area contributed by atoms with Crippen LogP contribution < -0.4 is 15.4 Å². The maximum atomic E-state index is 12.8. The summed E-state index contributed by atoms with van der Waals surface area (Å²) in [5.41, 5.74) is 3.59. The summed E-state index contributed by atoms with van der Waals surface area (Å²) < 4.78 is 5.76. The Bertz CT molecular complexity index is 1330. The molecule has 2 amide bonds. The fourth-order valence-corrected chi connectivity index (χ4v) is 4.48. The average molecular weight is 460 g/mol. The number of aromatic amines is 1. The summed E-state index contributed by atoms with van der Waals surface area (Å²) in [6, 6.07) is 22.8. The predicted octanol–water partition coefficient (Wildman–Crippen LogP) is 4.86. The van der Waals surface area contributed by atoms with E-state index in [0.717, 1.165) is 22.0 Å². The van der Waals surface area contributed by atoms with E-state index in [4.69, 9.17) is 16.3 Å². The van der Waals surface area contributed by atoms with Gasteiger partial charge in [-0.15, -0.1) is 0 Å². The summed E-state index contributed by atoms with van der Waals surface area (Å²) >= 11 is 6.53. The molecular weight excluding hydrogens is 438 g/mol. The molecule has 0 fully saturated rings. The van der Waals surface area contributed by atoms with E-state index in [-0.39, 0.29) is 24.2 Å². The Hall–Kier alpha value is -3.77. The summed E-state index contributed by atoms with van der Waals surface area (Å²) in [4.78, 5) is 28.5. The fourth-order valence-electron chi connectivity index (χ4n) is 4.21. The van der Waals surface area contributed by atoms with Gasteiger partial charge in [0.15, 0.2) is 6.10 Å². The Balaban J connectivity index is 1.34. The molecule has 5 rings (SSSR count). The second kappa shape index (κ2) is 9.00. The van der Waals surface area contributed by atoms with Crippen LogP contribution in [0.15, 0.2) is 79.0 Å². The number of hydrogen-bond donors (Lipinski definition) is 3. The van der Waals surface area contributed by atoms with Crippen molar-refractivity contribution in [2.24, 2.45) is 0 Å². The Morgan fingerprint density at radius 2 is 1.76 bits per heavy atom. The maximum Gasteiger partial charge on any atom is 0.266 e. The van der Waals surface area contributed by atoms with Crippen LogP contribution in [0.5, 0.6) is 5.75 Å². The van der Waals surface area contributed by atoms with Crippen LogP contribution in [0.25, 0.3) is 10.9 Å². The van der Waals surface area contributed by atoms with Gasteiger partial charge in [-0.2, -0.15) is 0 Å². The first-order valence-electron chi connectivity index (χ1n) is 10.7. The van der Waals surface area contributed by atoms with Gasteiger partial charge in [-0.1, -0.05) is 60.1 Å². The normalized spacial score (nSPS) is 15.9. The smallest absolute Gasteiger partial charge is 0.266 e. The number of benzene rings is 3. The number of amides is 2. The lowest BCUT2D eigenvalue weighted by molar-refractivity contribution is -0.130. The van der Waals surface area contributed by atoms with Gasteiger partial charge in [0, 0.05) is 34.6 Å². The lowest BCUT2D eigenvalue weighted by Crippen LogP contribution is -2.41. The van der Waals surface area contributed by atoms with Crippen molar-refractivity contribution < 1.29 is 14.3 Å². The number of rotatable bonds is 6. The molecule has 33 heavy (non-hydrogen) atoms. The van der Waals surface area contributed by atoms with Crippen molar-refractivity contribution in [2.45, 2.75) is 18.4 Å². The number of fused-ring (bicyclic) bond motifs is 2. The maximum absolute atomic E-state index is 12.8. The zero-order valence-corrected chi connectivity index (χ0v) is 18.4. The van der Waals surface area contributed by atoms with Crippen LogP contribution in [-0.2, 0) is 9.59 Å². The number of carbonyl (C=O) groups excluding carboxylic acids is 2. The van der Waals surface area contributed by atoms with E-state index >= 15 is 0 Å². The molecular formula is C26H22ClN3O3. The van der Waals surface area contributed by atoms with E-state index in [1.165, 1.54) is 0 Å². The molecule has 0 spiro atoms. The third-order valence-electron chi connectivity index (χ3n) is 5.86. The zero-order valence-electron chi connectivity index (χ0n) is 17.7. The van der Waals surface area contributed by atoms with E-state index in [1.807, 2.05) is 66.9 Å². The molecule has 0 saturated heterocycles. The monoisotopic (exact) mass is 459 g/mol. The van der Waals surface area contributed by atoms with Crippen LogP contribution in [0.3, 0.4) is 0 Å². The van der Waals surface area contributed by atoms with Crippen LogP contribution in [0.1, 0.15) is 23.5 Å². The van der Waals surface area contributed by atoms with Crippen LogP contribution >= 0.6 is 11.6 Å². The number of anilines is 1. The molecule has 2 atom stereocenters. The van der Waals surface area contributed by atoms with Gasteiger partial charge in [0.2, 0.25) is 5.91 Å². The fraction of sp³-hybridized carbons (Fsp3) is 0.154. The third-order valence-corrected chi connectivity index (χ3v) is 6.20.